The molecule has 86 valence electrons. The number of fused-ring (bicyclic) bond motifs is 1. The molecule has 1 aromatic heterocycles. The van der Waals surface area contributed by atoms with Crippen LogP contribution in [0.2, 0.25) is 0 Å². The topological polar surface area (TPSA) is 16.1 Å². The molecule has 0 unspecified atom stereocenters. The largest absolute Gasteiger partial charge is 0.352 e. The summed E-state index contributed by atoms with van der Waals surface area (Å²) in [6.45, 7) is 1.98. The van der Waals surface area contributed by atoms with Crippen molar-refractivity contribution in [2.24, 2.45) is 0 Å². The van der Waals surface area contributed by atoms with Crippen molar-refractivity contribution < 1.29 is 0 Å². The third-order valence-corrected chi connectivity index (χ3v) is 3.93. The molecule has 0 N–H and O–H groups in total. The molecule has 0 fully saturated rings. The summed E-state index contributed by atoms with van der Waals surface area (Å²) >= 11 is 3.63. The van der Waals surface area contributed by atoms with Gasteiger partial charge in [0.05, 0.1) is 0 Å². The summed E-state index contributed by atoms with van der Waals surface area (Å²) in [6, 6.07) is 12.5. The first kappa shape index (κ1) is 10.8. The van der Waals surface area contributed by atoms with Gasteiger partial charge >= 0.3 is 0 Å². The second-order valence-corrected chi connectivity index (χ2v) is 5.09. The molecule has 0 radical (unpaired) electrons. The summed E-state index contributed by atoms with van der Waals surface area (Å²) < 4.78 is 1.20. The van der Waals surface area contributed by atoms with Gasteiger partial charge in [-0.3, -0.25) is 0 Å². The van der Waals surface area contributed by atoms with Gasteiger partial charge < -0.3 is 4.90 Å². The van der Waals surface area contributed by atoms with E-state index < -0.39 is 0 Å². The second kappa shape index (κ2) is 4.49. The van der Waals surface area contributed by atoms with Crippen molar-refractivity contribution in [2.45, 2.75) is 13.0 Å². The molecule has 0 amide bonds. The van der Waals surface area contributed by atoms with Crippen LogP contribution in [0.3, 0.4) is 0 Å². The van der Waals surface area contributed by atoms with E-state index in [4.69, 9.17) is 0 Å². The highest BCUT2D eigenvalue weighted by atomic mass is 79.9. The van der Waals surface area contributed by atoms with Crippen molar-refractivity contribution in [2.75, 3.05) is 11.4 Å². The van der Waals surface area contributed by atoms with E-state index in [0.29, 0.717) is 0 Å². The molecule has 0 spiro atoms. The van der Waals surface area contributed by atoms with Gasteiger partial charge in [0, 0.05) is 23.8 Å². The van der Waals surface area contributed by atoms with Crippen LogP contribution in [-0.2, 0) is 13.0 Å². The van der Waals surface area contributed by atoms with Crippen LogP contribution in [0.4, 0.5) is 5.82 Å². The van der Waals surface area contributed by atoms with Crippen LogP contribution in [0.25, 0.3) is 0 Å². The molecule has 0 aliphatic carbocycles. The lowest BCUT2D eigenvalue weighted by Crippen LogP contribution is -2.31. The van der Waals surface area contributed by atoms with Crippen molar-refractivity contribution in [3.8, 4) is 0 Å². The van der Waals surface area contributed by atoms with Crippen molar-refractivity contribution in [3.05, 3.63) is 58.2 Å². The SMILES string of the molecule is Brc1cccc2c1CN(c1ccccn1)CC2. The molecular formula is C14H13BrN2. The number of aromatic nitrogens is 1. The number of pyridine rings is 1. The lowest BCUT2D eigenvalue weighted by atomic mass is 10.00. The minimum Gasteiger partial charge on any atom is -0.352 e. The molecule has 0 saturated carbocycles. The third-order valence-electron chi connectivity index (χ3n) is 3.19. The van der Waals surface area contributed by atoms with E-state index >= 15 is 0 Å². The van der Waals surface area contributed by atoms with Crippen molar-refractivity contribution in [3.63, 3.8) is 0 Å². The quantitative estimate of drug-likeness (QED) is 0.800. The Balaban J connectivity index is 1.93. The lowest BCUT2D eigenvalue weighted by molar-refractivity contribution is 0.718. The molecule has 3 heteroatoms. The second-order valence-electron chi connectivity index (χ2n) is 4.24. The standard InChI is InChI=1S/C14H13BrN2/c15-13-5-3-4-11-7-9-17(10-12(11)13)14-6-1-2-8-16-14/h1-6,8H,7,9-10H2. The number of nitrogens with zero attached hydrogens (tertiary/aromatic N) is 2. The Morgan fingerprint density at radius 1 is 1.12 bits per heavy atom. The van der Waals surface area contributed by atoms with E-state index in [9.17, 15) is 0 Å². The van der Waals surface area contributed by atoms with E-state index in [1.807, 2.05) is 18.3 Å². The molecular weight excluding hydrogens is 276 g/mol. The summed E-state index contributed by atoms with van der Waals surface area (Å²) in [5.74, 6) is 1.06. The van der Waals surface area contributed by atoms with Crippen molar-refractivity contribution in [1.29, 1.82) is 0 Å². The van der Waals surface area contributed by atoms with E-state index in [2.05, 4.69) is 50.1 Å². The zero-order chi connectivity index (χ0) is 11.7. The summed E-state index contributed by atoms with van der Waals surface area (Å²) in [4.78, 5) is 6.74. The average Bonchev–Trinajstić information content (AvgIpc) is 2.40. The van der Waals surface area contributed by atoms with Crippen LogP contribution < -0.4 is 4.90 Å². The number of rotatable bonds is 1. The van der Waals surface area contributed by atoms with E-state index in [1.165, 1.54) is 15.6 Å². The van der Waals surface area contributed by atoms with Crippen LogP contribution in [0.15, 0.2) is 47.1 Å². The monoisotopic (exact) mass is 288 g/mol. The van der Waals surface area contributed by atoms with Crippen LogP contribution in [0, 0.1) is 0 Å². The molecule has 0 saturated heterocycles. The highest BCUT2D eigenvalue weighted by Crippen LogP contribution is 2.28. The molecule has 0 bridgehead atoms. The fourth-order valence-electron chi connectivity index (χ4n) is 2.28. The lowest BCUT2D eigenvalue weighted by Gasteiger charge is -2.30. The highest BCUT2D eigenvalue weighted by Gasteiger charge is 2.18. The molecule has 1 aromatic carbocycles. The Kier molecular flexibility index (Phi) is 2.85. The van der Waals surface area contributed by atoms with Crippen LogP contribution >= 0.6 is 15.9 Å². The van der Waals surface area contributed by atoms with Gasteiger partial charge in [-0.2, -0.15) is 0 Å². The molecule has 2 heterocycles. The predicted molar refractivity (Wildman–Crippen MR) is 73.1 cm³/mol. The van der Waals surface area contributed by atoms with Gasteiger partial charge in [-0.05, 0) is 35.7 Å². The van der Waals surface area contributed by atoms with Gasteiger partial charge in [-0.15, -0.1) is 0 Å². The van der Waals surface area contributed by atoms with Gasteiger partial charge in [0.25, 0.3) is 0 Å². The van der Waals surface area contributed by atoms with E-state index in [-0.39, 0.29) is 0 Å². The van der Waals surface area contributed by atoms with Crippen LogP contribution in [0.1, 0.15) is 11.1 Å². The van der Waals surface area contributed by atoms with Crippen LogP contribution in [-0.4, -0.2) is 11.5 Å². The molecule has 2 nitrogen and oxygen atoms in total. The molecule has 1 aliphatic rings. The van der Waals surface area contributed by atoms with Gasteiger partial charge in [0.1, 0.15) is 5.82 Å². The van der Waals surface area contributed by atoms with Gasteiger partial charge in [-0.25, -0.2) is 4.98 Å². The van der Waals surface area contributed by atoms with Gasteiger partial charge in [-0.1, -0.05) is 34.1 Å². The van der Waals surface area contributed by atoms with Crippen molar-refractivity contribution >= 4 is 21.7 Å². The van der Waals surface area contributed by atoms with Gasteiger partial charge in [0.15, 0.2) is 0 Å². The minimum absolute atomic E-state index is 0.938. The fraction of sp³-hybridized carbons (Fsp3) is 0.214. The molecule has 17 heavy (non-hydrogen) atoms. The molecule has 2 aromatic rings. The number of anilines is 1. The number of halogens is 1. The fourth-order valence-corrected chi connectivity index (χ4v) is 2.81. The smallest absolute Gasteiger partial charge is 0.128 e. The number of hydrogen-bond donors (Lipinski definition) is 0. The maximum atomic E-state index is 4.42. The Morgan fingerprint density at radius 3 is 2.88 bits per heavy atom. The first-order valence-corrected chi connectivity index (χ1v) is 6.56. The molecule has 0 atom stereocenters. The maximum absolute atomic E-state index is 4.42. The summed E-state index contributed by atoms with van der Waals surface area (Å²) in [6.07, 6.45) is 2.94. The average molecular weight is 289 g/mol. The highest BCUT2D eigenvalue weighted by molar-refractivity contribution is 9.10. The molecule has 3 rings (SSSR count). The first-order valence-electron chi connectivity index (χ1n) is 5.77. The maximum Gasteiger partial charge on any atom is 0.128 e. The third kappa shape index (κ3) is 2.07. The Labute approximate surface area is 109 Å². The zero-order valence-corrected chi connectivity index (χ0v) is 11.0. The van der Waals surface area contributed by atoms with E-state index in [0.717, 1.165) is 25.3 Å². The number of benzene rings is 1. The summed E-state index contributed by atoms with van der Waals surface area (Å²) in [7, 11) is 0. The normalized spacial score (nSPS) is 14.5. The predicted octanol–water partition coefficient (Wildman–Crippen LogP) is 3.41. The Morgan fingerprint density at radius 2 is 2.06 bits per heavy atom. The number of hydrogen-bond acceptors (Lipinski definition) is 2. The van der Waals surface area contributed by atoms with E-state index in [1.54, 1.807) is 0 Å². The zero-order valence-electron chi connectivity index (χ0n) is 9.44. The molecule has 1 aliphatic heterocycles. The van der Waals surface area contributed by atoms with Crippen LogP contribution in [0.5, 0.6) is 0 Å². The summed E-state index contributed by atoms with van der Waals surface area (Å²) in [5.41, 5.74) is 2.84. The first-order chi connectivity index (χ1) is 8.34. The Hall–Kier alpha value is -1.35. The Bertz CT molecular complexity index is 525. The van der Waals surface area contributed by atoms with Crippen molar-refractivity contribution in [1.82, 2.24) is 4.98 Å². The minimum atomic E-state index is 0.938. The van der Waals surface area contributed by atoms with Gasteiger partial charge in [0.2, 0.25) is 0 Å². The summed E-state index contributed by atoms with van der Waals surface area (Å²) in [5, 5.41) is 0.